The number of hydrogen-bond donors (Lipinski definition) is 1. The Kier molecular flexibility index (Phi) is 4.70. The van der Waals surface area contributed by atoms with E-state index in [0.29, 0.717) is 22.5 Å². The summed E-state index contributed by atoms with van der Waals surface area (Å²) in [6, 6.07) is 5.54. The fraction of sp³-hybridized carbons (Fsp3) is 0.300. The van der Waals surface area contributed by atoms with E-state index in [9.17, 15) is 14.4 Å². The molecule has 1 N–H and O–H groups in total. The fourth-order valence-electron chi connectivity index (χ4n) is 3.25. The summed E-state index contributed by atoms with van der Waals surface area (Å²) in [5, 5.41) is 0. The van der Waals surface area contributed by atoms with E-state index in [-0.39, 0.29) is 17.2 Å². The van der Waals surface area contributed by atoms with E-state index in [2.05, 4.69) is 9.97 Å². The maximum absolute atomic E-state index is 12.7. The molecule has 27 heavy (non-hydrogen) atoms. The zero-order chi connectivity index (χ0) is 19.9. The number of fused-ring (bicyclic) bond motifs is 1. The molecule has 0 bridgehead atoms. The van der Waals surface area contributed by atoms with Crippen LogP contribution in [0, 0.1) is 20.8 Å². The third-order valence-electron chi connectivity index (χ3n) is 4.59. The number of carbonyl (C=O) groups excluding carboxylic acids is 3. The largest absolute Gasteiger partial charge is 0.449 e. The Balaban J connectivity index is 1.82. The Hall–Kier alpha value is -3.22. The molecule has 0 amide bonds. The van der Waals surface area contributed by atoms with Crippen LogP contribution in [0.15, 0.2) is 24.4 Å². The normalized spacial score (nSPS) is 12.2. The number of nitrogens with one attached hydrogen (secondary N) is 1. The van der Waals surface area contributed by atoms with Crippen molar-refractivity contribution in [2.24, 2.45) is 0 Å². The molecular formula is C20H21N3O4. The topological polar surface area (TPSA) is 93.5 Å². The lowest BCUT2D eigenvalue weighted by atomic mass is 10.0. The fourth-order valence-corrected chi connectivity index (χ4v) is 3.25. The van der Waals surface area contributed by atoms with Crippen LogP contribution in [0.2, 0.25) is 0 Å². The van der Waals surface area contributed by atoms with E-state index in [1.807, 2.05) is 19.1 Å². The van der Waals surface area contributed by atoms with E-state index in [0.717, 1.165) is 5.69 Å². The van der Waals surface area contributed by atoms with Gasteiger partial charge in [-0.1, -0.05) is 6.07 Å². The molecule has 0 radical (unpaired) electrons. The number of aromatic amines is 1. The summed E-state index contributed by atoms with van der Waals surface area (Å²) in [7, 11) is 0. The highest BCUT2D eigenvalue weighted by Crippen LogP contribution is 2.21. The van der Waals surface area contributed by atoms with Crippen molar-refractivity contribution in [1.29, 1.82) is 0 Å². The summed E-state index contributed by atoms with van der Waals surface area (Å²) >= 11 is 0. The number of ketones is 2. The lowest BCUT2D eigenvalue weighted by molar-refractivity contribution is 0.0312. The zero-order valence-corrected chi connectivity index (χ0v) is 15.9. The van der Waals surface area contributed by atoms with E-state index in [4.69, 9.17) is 4.74 Å². The van der Waals surface area contributed by atoms with Gasteiger partial charge in [0.1, 0.15) is 5.65 Å². The Morgan fingerprint density at radius 3 is 2.48 bits per heavy atom. The molecule has 0 fully saturated rings. The molecule has 0 saturated carbocycles. The molecule has 3 heterocycles. The zero-order valence-electron chi connectivity index (χ0n) is 15.9. The first kappa shape index (κ1) is 18.6. The van der Waals surface area contributed by atoms with Gasteiger partial charge < -0.3 is 14.1 Å². The molecule has 3 rings (SSSR count). The second kappa shape index (κ2) is 6.83. The number of aromatic nitrogens is 3. The van der Waals surface area contributed by atoms with Crippen molar-refractivity contribution in [2.75, 3.05) is 0 Å². The van der Waals surface area contributed by atoms with Crippen LogP contribution < -0.4 is 0 Å². The van der Waals surface area contributed by atoms with Crippen LogP contribution in [0.4, 0.5) is 0 Å². The SMILES string of the molecule is CC(=O)c1c(C)[nH]c(C(=O)C(C)OC(=O)c2cn3c(C)cccc3n2)c1C. The van der Waals surface area contributed by atoms with Crippen LogP contribution in [0.3, 0.4) is 0 Å². The third-order valence-corrected chi connectivity index (χ3v) is 4.59. The first-order valence-electron chi connectivity index (χ1n) is 8.60. The van der Waals surface area contributed by atoms with Gasteiger partial charge in [-0.2, -0.15) is 0 Å². The van der Waals surface area contributed by atoms with Gasteiger partial charge in [0, 0.05) is 23.1 Å². The van der Waals surface area contributed by atoms with Gasteiger partial charge in [0.15, 0.2) is 17.6 Å². The molecule has 0 aromatic carbocycles. The summed E-state index contributed by atoms with van der Waals surface area (Å²) in [6.45, 7) is 8.29. The molecule has 0 aliphatic carbocycles. The minimum absolute atomic E-state index is 0.120. The summed E-state index contributed by atoms with van der Waals surface area (Å²) in [5.74, 6) is -1.19. The number of aryl methyl sites for hydroxylation is 2. The second-order valence-electron chi connectivity index (χ2n) is 6.61. The van der Waals surface area contributed by atoms with Crippen LogP contribution >= 0.6 is 0 Å². The highest BCUT2D eigenvalue weighted by molar-refractivity contribution is 6.05. The molecule has 0 saturated heterocycles. The third kappa shape index (κ3) is 3.28. The van der Waals surface area contributed by atoms with Crippen LogP contribution in [-0.2, 0) is 4.74 Å². The van der Waals surface area contributed by atoms with Crippen molar-refractivity contribution < 1.29 is 19.1 Å². The van der Waals surface area contributed by atoms with Gasteiger partial charge in [-0.3, -0.25) is 9.59 Å². The number of pyridine rings is 1. The first-order valence-corrected chi connectivity index (χ1v) is 8.60. The molecule has 7 nitrogen and oxygen atoms in total. The Labute approximate surface area is 156 Å². The summed E-state index contributed by atoms with van der Waals surface area (Å²) in [5.41, 5.74) is 3.65. The van der Waals surface area contributed by atoms with Gasteiger partial charge in [-0.25, -0.2) is 9.78 Å². The molecule has 1 atom stereocenters. The van der Waals surface area contributed by atoms with Crippen LogP contribution in [0.25, 0.3) is 5.65 Å². The summed E-state index contributed by atoms with van der Waals surface area (Å²) in [6.07, 6.45) is 0.571. The van der Waals surface area contributed by atoms with E-state index in [1.54, 1.807) is 30.5 Å². The maximum atomic E-state index is 12.7. The Morgan fingerprint density at radius 1 is 1.19 bits per heavy atom. The monoisotopic (exact) mass is 367 g/mol. The van der Waals surface area contributed by atoms with Crippen molar-refractivity contribution in [2.45, 2.75) is 40.7 Å². The van der Waals surface area contributed by atoms with Gasteiger partial charge >= 0.3 is 5.97 Å². The highest BCUT2D eigenvalue weighted by Gasteiger charge is 2.27. The van der Waals surface area contributed by atoms with E-state index in [1.165, 1.54) is 13.8 Å². The van der Waals surface area contributed by atoms with Crippen LogP contribution in [0.5, 0.6) is 0 Å². The number of carbonyl (C=O) groups is 3. The molecule has 1 unspecified atom stereocenters. The van der Waals surface area contributed by atoms with Crippen molar-refractivity contribution in [3.05, 3.63) is 58.3 Å². The lowest BCUT2D eigenvalue weighted by Crippen LogP contribution is -2.25. The highest BCUT2D eigenvalue weighted by atomic mass is 16.5. The quantitative estimate of drug-likeness (QED) is 0.552. The first-order chi connectivity index (χ1) is 12.7. The van der Waals surface area contributed by atoms with Crippen LogP contribution in [-0.4, -0.2) is 38.0 Å². The molecule has 0 aliphatic rings. The maximum Gasteiger partial charge on any atom is 0.359 e. The van der Waals surface area contributed by atoms with Gasteiger partial charge in [-0.15, -0.1) is 0 Å². The number of hydrogen-bond acceptors (Lipinski definition) is 5. The molecule has 0 spiro atoms. The smallest absolute Gasteiger partial charge is 0.359 e. The molecule has 3 aromatic rings. The minimum Gasteiger partial charge on any atom is -0.449 e. The number of imidazole rings is 1. The van der Waals surface area contributed by atoms with Crippen LogP contribution in [0.1, 0.15) is 62.1 Å². The van der Waals surface area contributed by atoms with Gasteiger partial charge in [-0.05, 0) is 52.3 Å². The minimum atomic E-state index is -1.01. The van der Waals surface area contributed by atoms with Gasteiger partial charge in [0.05, 0.1) is 5.69 Å². The number of H-pyrrole nitrogens is 1. The van der Waals surface area contributed by atoms with E-state index >= 15 is 0 Å². The number of ether oxygens (including phenoxy) is 1. The Bertz CT molecular complexity index is 1070. The van der Waals surface area contributed by atoms with Crippen molar-refractivity contribution in [1.82, 2.24) is 14.4 Å². The Morgan fingerprint density at radius 2 is 1.89 bits per heavy atom. The number of esters is 1. The predicted octanol–water partition coefficient (Wildman–Crippen LogP) is 3.22. The second-order valence-corrected chi connectivity index (χ2v) is 6.61. The summed E-state index contributed by atoms with van der Waals surface area (Å²) < 4.78 is 7.10. The van der Waals surface area contributed by atoms with Gasteiger partial charge in [0.25, 0.3) is 0 Å². The number of Topliss-reactive ketones (excluding diaryl/α,β-unsaturated/α-hetero) is 2. The molecule has 0 aliphatic heterocycles. The molecular weight excluding hydrogens is 346 g/mol. The van der Waals surface area contributed by atoms with Crippen molar-refractivity contribution in [3.63, 3.8) is 0 Å². The van der Waals surface area contributed by atoms with E-state index < -0.39 is 17.9 Å². The standard InChI is InChI=1S/C20H21N3O4/c1-10-7-6-8-16-22-15(9-23(10)16)20(26)27-14(5)19(25)18-11(2)17(13(4)24)12(3)21-18/h6-9,14,21H,1-5H3. The summed E-state index contributed by atoms with van der Waals surface area (Å²) in [4.78, 5) is 44.0. The average Bonchev–Trinajstić information content (AvgIpc) is 3.16. The molecule has 140 valence electrons. The number of rotatable bonds is 5. The van der Waals surface area contributed by atoms with Crippen molar-refractivity contribution in [3.8, 4) is 0 Å². The lowest BCUT2D eigenvalue weighted by Gasteiger charge is -2.11. The average molecular weight is 367 g/mol. The molecule has 7 heteroatoms. The van der Waals surface area contributed by atoms with Crippen molar-refractivity contribution >= 4 is 23.2 Å². The molecule has 3 aromatic heterocycles. The van der Waals surface area contributed by atoms with Gasteiger partial charge in [0.2, 0.25) is 5.78 Å². The number of nitrogens with zero attached hydrogens (tertiary/aromatic N) is 2. The predicted molar refractivity (Wildman–Crippen MR) is 99.4 cm³/mol.